The number of benzene rings is 1. The van der Waals surface area contributed by atoms with Crippen LogP contribution < -0.4 is 4.90 Å². The molecule has 1 aliphatic heterocycles. The third-order valence-corrected chi connectivity index (χ3v) is 4.92. The van der Waals surface area contributed by atoms with Gasteiger partial charge in [0.1, 0.15) is 5.82 Å². The average molecular weight is 292 g/mol. The summed E-state index contributed by atoms with van der Waals surface area (Å²) in [5, 5.41) is -0.0822. The number of anilines is 1. The Morgan fingerprint density at radius 3 is 2.25 bits per heavy atom. The number of hydrogen-bond donors (Lipinski definition) is 0. The van der Waals surface area contributed by atoms with Gasteiger partial charge in [-0.05, 0) is 36.5 Å². The van der Waals surface area contributed by atoms with E-state index >= 15 is 0 Å². The summed E-state index contributed by atoms with van der Waals surface area (Å²) >= 11 is 5.74. The molecule has 2 fully saturated rings. The lowest BCUT2D eigenvalue weighted by Crippen LogP contribution is -2.32. The number of halogens is 2. The fourth-order valence-corrected chi connectivity index (χ4v) is 3.96. The van der Waals surface area contributed by atoms with E-state index in [1.54, 1.807) is 0 Å². The lowest BCUT2D eigenvalue weighted by atomic mass is 9.85. The van der Waals surface area contributed by atoms with E-state index in [1.165, 1.54) is 23.1 Å². The summed E-state index contributed by atoms with van der Waals surface area (Å²) in [6.45, 7) is 0. The first-order valence-electron chi connectivity index (χ1n) is 6.59. The zero-order valence-electron chi connectivity index (χ0n) is 10.4. The molecule has 20 heavy (non-hydrogen) atoms. The molecule has 1 saturated heterocycles. The fraction of sp³-hybridized carbons (Fsp3) is 0.333. The van der Waals surface area contributed by atoms with Crippen molar-refractivity contribution in [1.29, 1.82) is 0 Å². The molecule has 1 heterocycles. The van der Waals surface area contributed by atoms with Gasteiger partial charge in [0.25, 0.3) is 0 Å². The highest BCUT2D eigenvalue weighted by atomic mass is 35.5. The Balaban J connectivity index is 1.76. The molecule has 2 aliphatic carbocycles. The van der Waals surface area contributed by atoms with Crippen LogP contribution in [-0.2, 0) is 9.59 Å². The summed E-state index contributed by atoms with van der Waals surface area (Å²) in [6, 6.07) is 3.94. The van der Waals surface area contributed by atoms with Crippen LogP contribution in [0, 0.1) is 29.5 Å². The van der Waals surface area contributed by atoms with Gasteiger partial charge in [-0.15, -0.1) is 0 Å². The Morgan fingerprint density at radius 2 is 1.70 bits per heavy atom. The van der Waals surface area contributed by atoms with Crippen molar-refractivity contribution in [2.24, 2.45) is 23.7 Å². The lowest BCUT2D eigenvalue weighted by Gasteiger charge is -2.17. The summed E-state index contributed by atoms with van der Waals surface area (Å²) in [5.41, 5.74) is 0.361. The van der Waals surface area contributed by atoms with Gasteiger partial charge in [0.15, 0.2) is 0 Å². The Bertz CT molecular complexity index is 642. The van der Waals surface area contributed by atoms with Crippen molar-refractivity contribution in [3.05, 3.63) is 41.2 Å². The van der Waals surface area contributed by atoms with E-state index in [0.717, 1.165) is 6.42 Å². The number of imide groups is 1. The first-order valence-corrected chi connectivity index (χ1v) is 6.97. The molecule has 1 aromatic rings. The van der Waals surface area contributed by atoms with Crippen molar-refractivity contribution in [2.45, 2.75) is 6.42 Å². The maximum atomic E-state index is 13.2. The number of nitrogens with zero attached hydrogens (tertiary/aromatic N) is 1. The van der Waals surface area contributed by atoms with Crippen molar-refractivity contribution in [3.63, 3.8) is 0 Å². The standard InChI is InChI=1S/C15H11ClFNO2/c16-10-6-9(3-4-11(10)17)18-14(19)12-7-1-2-8(5-7)13(12)15(18)20/h1-4,6-8,12-13H,5H2/t7-,8-,12-,13+/m1/s1. The molecule has 0 radical (unpaired) electrons. The quantitative estimate of drug-likeness (QED) is 0.589. The van der Waals surface area contributed by atoms with Crippen LogP contribution in [0.5, 0.6) is 0 Å². The monoisotopic (exact) mass is 291 g/mol. The number of rotatable bonds is 1. The van der Waals surface area contributed by atoms with Gasteiger partial charge in [0.2, 0.25) is 11.8 Å². The number of amides is 2. The largest absolute Gasteiger partial charge is 0.274 e. The topological polar surface area (TPSA) is 37.4 Å². The SMILES string of the molecule is O=C1[C@@H]2[C@H](C(=O)N1c1ccc(F)c(Cl)c1)[C@@H]1C=C[C@@H]2C1. The molecule has 5 heteroatoms. The Labute approximate surface area is 120 Å². The Morgan fingerprint density at radius 1 is 1.10 bits per heavy atom. The number of carbonyl (C=O) groups excluding carboxylic acids is 2. The van der Waals surface area contributed by atoms with Crippen molar-refractivity contribution >= 4 is 29.1 Å². The van der Waals surface area contributed by atoms with Crippen LogP contribution in [0.3, 0.4) is 0 Å². The average Bonchev–Trinajstić information content (AvgIpc) is 3.08. The molecule has 0 N–H and O–H groups in total. The predicted octanol–water partition coefficient (Wildman–Crippen LogP) is 2.79. The van der Waals surface area contributed by atoms with Crippen LogP contribution in [0.25, 0.3) is 0 Å². The second-order valence-corrected chi connectivity index (χ2v) is 6.02. The Kier molecular flexibility index (Phi) is 2.37. The number of allylic oxidation sites excluding steroid dienone is 2. The van der Waals surface area contributed by atoms with Crippen LogP contribution >= 0.6 is 11.6 Å². The van der Waals surface area contributed by atoms with Gasteiger partial charge in [-0.3, -0.25) is 9.59 Å². The van der Waals surface area contributed by atoms with E-state index in [4.69, 9.17) is 11.6 Å². The normalized spacial score (nSPS) is 34.2. The highest BCUT2D eigenvalue weighted by Gasteiger charge is 2.59. The van der Waals surface area contributed by atoms with Gasteiger partial charge >= 0.3 is 0 Å². The summed E-state index contributed by atoms with van der Waals surface area (Å²) < 4.78 is 13.2. The van der Waals surface area contributed by atoms with Crippen LogP contribution in [-0.4, -0.2) is 11.8 Å². The van der Waals surface area contributed by atoms with Gasteiger partial charge in [-0.25, -0.2) is 9.29 Å². The van der Waals surface area contributed by atoms with E-state index in [2.05, 4.69) is 0 Å². The van der Waals surface area contributed by atoms with Crippen molar-refractivity contribution in [2.75, 3.05) is 4.90 Å². The summed E-state index contributed by atoms with van der Waals surface area (Å²) in [7, 11) is 0. The van der Waals surface area contributed by atoms with Gasteiger partial charge < -0.3 is 0 Å². The minimum absolute atomic E-state index is 0.0822. The first kappa shape index (κ1) is 12.1. The van der Waals surface area contributed by atoms with Crippen molar-refractivity contribution < 1.29 is 14.0 Å². The minimum Gasteiger partial charge on any atom is -0.274 e. The third kappa shape index (κ3) is 1.40. The molecular formula is C15H11ClFNO2. The maximum Gasteiger partial charge on any atom is 0.238 e. The molecule has 4 atom stereocenters. The zero-order valence-corrected chi connectivity index (χ0v) is 11.2. The molecule has 3 nitrogen and oxygen atoms in total. The van der Waals surface area contributed by atoms with Gasteiger partial charge in [0.05, 0.1) is 22.5 Å². The van der Waals surface area contributed by atoms with Crippen molar-refractivity contribution in [3.8, 4) is 0 Å². The molecule has 0 spiro atoms. The smallest absolute Gasteiger partial charge is 0.238 e. The molecule has 1 aromatic carbocycles. The molecule has 1 saturated carbocycles. The van der Waals surface area contributed by atoms with E-state index in [-0.39, 0.29) is 40.5 Å². The predicted molar refractivity (Wildman–Crippen MR) is 71.6 cm³/mol. The Hall–Kier alpha value is -1.68. The lowest BCUT2D eigenvalue weighted by molar-refractivity contribution is -0.123. The highest BCUT2D eigenvalue weighted by molar-refractivity contribution is 6.31. The minimum atomic E-state index is -0.559. The fourth-order valence-electron chi connectivity index (χ4n) is 3.78. The van der Waals surface area contributed by atoms with Gasteiger partial charge in [-0.1, -0.05) is 23.8 Å². The number of hydrogen-bond acceptors (Lipinski definition) is 2. The molecular weight excluding hydrogens is 281 g/mol. The molecule has 3 aliphatic rings. The second kappa shape index (κ2) is 3.92. The highest BCUT2D eigenvalue weighted by Crippen LogP contribution is 2.53. The van der Waals surface area contributed by atoms with E-state index in [0.29, 0.717) is 5.69 Å². The summed E-state index contributed by atoms with van der Waals surface area (Å²) in [6.07, 6.45) is 4.97. The zero-order chi connectivity index (χ0) is 14.0. The number of fused-ring (bicyclic) bond motifs is 5. The van der Waals surface area contributed by atoms with E-state index in [1.807, 2.05) is 12.2 Å². The van der Waals surface area contributed by atoms with Crippen molar-refractivity contribution in [1.82, 2.24) is 0 Å². The maximum absolute atomic E-state index is 13.2. The van der Waals surface area contributed by atoms with Crippen LogP contribution in [0.15, 0.2) is 30.4 Å². The second-order valence-electron chi connectivity index (χ2n) is 5.61. The number of carbonyl (C=O) groups is 2. The van der Waals surface area contributed by atoms with Crippen LogP contribution in [0.1, 0.15) is 6.42 Å². The van der Waals surface area contributed by atoms with Crippen LogP contribution in [0.2, 0.25) is 5.02 Å². The molecule has 102 valence electrons. The molecule has 2 amide bonds. The molecule has 0 unspecified atom stereocenters. The third-order valence-electron chi connectivity index (χ3n) is 4.63. The molecule has 4 rings (SSSR count). The van der Waals surface area contributed by atoms with Gasteiger partial charge in [0, 0.05) is 0 Å². The first-order chi connectivity index (χ1) is 9.58. The van der Waals surface area contributed by atoms with Gasteiger partial charge in [-0.2, -0.15) is 0 Å². The summed E-state index contributed by atoms with van der Waals surface area (Å²) in [5.74, 6) is -1.08. The molecule has 2 bridgehead atoms. The summed E-state index contributed by atoms with van der Waals surface area (Å²) in [4.78, 5) is 26.2. The molecule has 0 aromatic heterocycles. The van der Waals surface area contributed by atoms with E-state index in [9.17, 15) is 14.0 Å². The van der Waals surface area contributed by atoms with Crippen LogP contribution in [0.4, 0.5) is 10.1 Å². The van der Waals surface area contributed by atoms with E-state index < -0.39 is 5.82 Å².